The molecule has 8 nitrogen and oxygen atoms in total. The van der Waals surface area contributed by atoms with E-state index >= 15 is 0 Å². The van der Waals surface area contributed by atoms with Crippen LogP contribution in [-0.2, 0) is 4.74 Å². The minimum Gasteiger partial charge on any atom is -0.486 e. The molecule has 4 aromatic rings. The number of carbonyl (C=O) groups excluding carboxylic acids is 2. The summed E-state index contributed by atoms with van der Waals surface area (Å²) in [5, 5.41) is 0. The van der Waals surface area contributed by atoms with E-state index in [1.54, 1.807) is 16.7 Å². The van der Waals surface area contributed by atoms with Gasteiger partial charge in [0.05, 0.1) is 0 Å². The first-order chi connectivity index (χ1) is 15.9. The number of benzene rings is 1. The average molecular weight is 445 g/mol. The second-order valence-corrected chi connectivity index (χ2v) is 7.97. The number of hydrogen-bond acceptors (Lipinski definition) is 6. The lowest BCUT2D eigenvalue weighted by molar-refractivity contribution is 0.0469. The zero-order valence-corrected chi connectivity index (χ0v) is 18.6. The van der Waals surface area contributed by atoms with E-state index in [2.05, 4.69) is 4.98 Å². The Labute approximate surface area is 190 Å². The van der Waals surface area contributed by atoms with E-state index in [0.29, 0.717) is 35.9 Å². The van der Waals surface area contributed by atoms with Crippen LogP contribution in [0.15, 0.2) is 48.7 Å². The number of carbonyl (C=O) groups is 2. The molecule has 0 fully saturated rings. The third kappa shape index (κ3) is 3.73. The van der Waals surface area contributed by atoms with Gasteiger partial charge in [-0.3, -0.25) is 4.79 Å². The van der Waals surface area contributed by atoms with Crippen molar-refractivity contribution in [2.45, 2.75) is 20.8 Å². The molecular formula is C25H23N3O5. The van der Waals surface area contributed by atoms with Crippen molar-refractivity contribution in [2.75, 3.05) is 19.8 Å². The van der Waals surface area contributed by atoms with Crippen molar-refractivity contribution in [3.8, 4) is 17.2 Å². The van der Waals surface area contributed by atoms with Crippen molar-refractivity contribution in [3.05, 3.63) is 77.0 Å². The van der Waals surface area contributed by atoms with E-state index in [9.17, 15) is 9.59 Å². The van der Waals surface area contributed by atoms with Gasteiger partial charge in [0.15, 0.2) is 23.8 Å². The molecule has 3 aromatic heterocycles. The third-order valence-electron chi connectivity index (χ3n) is 5.75. The summed E-state index contributed by atoms with van der Waals surface area (Å²) >= 11 is 0. The van der Waals surface area contributed by atoms with Gasteiger partial charge in [0.2, 0.25) is 5.78 Å². The number of fused-ring (bicyclic) bond motifs is 2. The summed E-state index contributed by atoms with van der Waals surface area (Å²) in [4.78, 5) is 29.7. The summed E-state index contributed by atoms with van der Waals surface area (Å²) in [6.45, 7) is 6.37. The van der Waals surface area contributed by atoms with E-state index in [4.69, 9.17) is 14.2 Å². The predicted molar refractivity (Wildman–Crippen MR) is 121 cm³/mol. The van der Waals surface area contributed by atoms with E-state index in [1.165, 1.54) is 0 Å². The van der Waals surface area contributed by atoms with Crippen LogP contribution >= 0.6 is 0 Å². The molecule has 8 heteroatoms. The number of esters is 1. The van der Waals surface area contributed by atoms with Crippen LogP contribution in [0.5, 0.6) is 11.5 Å². The number of aromatic nitrogens is 3. The van der Waals surface area contributed by atoms with Crippen molar-refractivity contribution in [1.82, 2.24) is 14.0 Å². The minimum atomic E-state index is -0.632. The van der Waals surface area contributed by atoms with Gasteiger partial charge in [-0.05, 0) is 51.1 Å². The summed E-state index contributed by atoms with van der Waals surface area (Å²) in [6.07, 6.45) is 1.62. The second kappa shape index (κ2) is 8.12. The first-order valence-corrected chi connectivity index (χ1v) is 10.7. The fourth-order valence-electron chi connectivity index (χ4n) is 4.14. The second-order valence-electron chi connectivity index (χ2n) is 7.97. The van der Waals surface area contributed by atoms with E-state index < -0.39 is 5.97 Å². The summed E-state index contributed by atoms with van der Waals surface area (Å²) < 4.78 is 20.3. The maximum atomic E-state index is 12.9. The maximum Gasteiger partial charge on any atom is 0.359 e. The molecule has 0 bridgehead atoms. The Kier molecular flexibility index (Phi) is 5.12. The highest BCUT2D eigenvalue weighted by Crippen LogP contribution is 2.33. The smallest absolute Gasteiger partial charge is 0.359 e. The first-order valence-electron chi connectivity index (χ1n) is 10.7. The van der Waals surface area contributed by atoms with E-state index in [1.807, 2.05) is 61.7 Å². The summed E-state index contributed by atoms with van der Waals surface area (Å²) in [7, 11) is 0. The van der Waals surface area contributed by atoms with Gasteiger partial charge in [-0.2, -0.15) is 0 Å². The molecule has 0 radical (unpaired) electrons. The van der Waals surface area contributed by atoms with Gasteiger partial charge in [0.25, 0.3) is 0 Å². The number of ketones is 1. The van der Waals surface area contributed by atoms with E-state index in [0.717, 1.165) is 22.8 Å². The highest BCUT2D eigenvalue weighted by molar-refractivity contribution is 6.00. The molecule has 0 spiro atoms. The number of aryl methyl sites for hydroxylation is 2. The molecule has 0 amide bonds. The first kappa shape index (κ1) is 20.8. The number of hydrogen-bond donors (Lipinski definition) is 0. The van der Waals surface area contributed by atoms with Gasteiger partial charge < -0.3 is 23.2 Å². The minimum absolute atomic E-state index is 0.166. The SMILES string of the molecule is Cc1cc(C(=O)COC(=O)c2cn3c(C)cccc3n2)c(C)n1-c1ccc2c(c1)OCCO2. The van der Waals surface area contributed by atoms with Crippen LogP contribution in [0.4, 0.5) is 0 Å². The molecule has 4 heterocycles. The Morgan fingerprint density at radius 1 is 1.00 bits per heavy atom. The highest BCUT2D eigenvalue weighted by atomic mass is 16.6. The van der Waals surface area contributed by atoms with E-state index in [-0.39, 0.29) is 18.1 Å². The number of Topliss-reactive ketones (excluding diaryl/α,β-unsaturated/α-hetero) is 1. The number of pyridine rings is 1. The quantitative estimate of drug-likeness (QED) is 0.343. The number of rotatable bonds is 5. The molecule has 33 heavy (non-hydrogen) atoms. The molecule has 0 saturated heterocycles. The highest BCUT2D eigenvalue weighted by Gasteiger charge is 2.21. The Morgan fingerprint density at radius 2 is 1.79 bits per heavy atom. The third-order valence-corrected chi connectivity index (χ3v) is 5.75. The molecule has 168 valence electrons. The maximum absolute atomic E-state index is 12.9. The van der Waals surface area contributed by atoms with Crippen LogP contribution in [0.3, 0.4) is 0 Å². The molecule has 1 aliphatic rings. The Bertz CT molecular complexity index is 1400. The van der Waals surface area contributed by atoms with Crippen molar-refractivity contribution in [2.24, 2.45) is 0 Å². The molecular weight excluding hydrogens is 422 g/mol. The van der Waals surface area contributed by atoms with Crippen LogP contribution in [0.2, 0.25) is 0 Å². The van der Waals surface area contributed by atoms with Crippen LogP contribution in [-0.4, -0.2) is 45.5 Å². The summed E-state index contributed by atoms with van der Waals surface area (Å²) in [6, 6.07) is 13.1. The lowest BCUT2D eigenvalue weighted by Crippen LogP contribution is -2.16. The number of ether oxygens (including phenoxy) is 3. The van der Waals surface area contributed by atoms with Crippen molar-refractivity contribution in [3.63, 3.8) is 0 Å². The molecule has 1 aromatic carbocycles. The van der Waals surface area contributed by atoms with Gasteiger partial charge in [0.1, 0.15) is 18.9 Å². The topological polar surface area (TPSA) is 84.1 Å². The molecule has 0 aliphatic carbocycles. The predicted octanol–water partition coefficient (Wildman–Crippen LogP) is 3.86. The van der Waals surface area contributed by atoms with Crippen LogP contribution in [0, 0.1) is 20.8 Å². The zero-order valence-electron chi connectivity index (χ0n) is 18.6. The fourth-order valence-corrected chi connectivity index (χ4v) is 4.14. The van der Waals surface area contributed by atoms with Crippen molar-refractivity contribution in [1.29, 1.82) is 0 Å². The van der Waals surface area contributed by atoms with Gasteiger partial charge in [0, 0.05) is 40.6 Å². The van der Waals surface area contributed by atoms with Crippen LogP contribution < -0.4 is 9.47 Å². The van der Waals surface area contributed by atoms with Gasteiger partial charge in [-0.25, -0.2) is 9.78 Å². The molecule has 0 N–H and O–H groups in total. The normalized spacial score (nSPS) is 12.7. The lowest BCUT2D eigenvalue weighted by Gasteiger charge is -2.20. The zero-order chi connectivity index (χ0) is 23.1. The van der Waals surface area contributed by atoms with Gasteiger partial charge in [-0.1, -0.05) is 6.07 Å². The molecule has 5 rings (SSSR count). The monoisotopic (exact) mass is 445 g/mol. The lowest BCUT2D eigenvalue weighted by atomic mass is 10.1. The Balaban J connectivity index is 1.34. The average Bonchev–Trinajstić information content (AvgIpc) is 3.38. The largest absolute Gasteiger partial charge is 0.486 e. The fraction of sp³-hybridized carbons (Fsp3) is 0.240. The summed E-state index contributed by atoms with van der Waals surface area (Å²) in [5.74, 6) is 0.473. The van der Waals surface area contributed by atoms with Crippen molar-refractivity contribution >= 4 is 17.4 Å². The number of imidazole rings is 1. The van der Waals surface area contributed by atoms with Crippen LogP contribution in [0.1, 0.15) is 37.9 Å². The molecule has 0 atom stereocenters. The molecule has 0 unspecified atom stereocenters. The number of nitrogens with zero attached hydrogens (tertiary/aromatic N) is 3. The van der Waals surface area contributed by atoms with Crippen molar-refractivity contribution < 1.29 is 23.8 Å². The van der Waals surface area contributed by atoms with Gasteiger partial charge in [-0.15, -0.1) is 0 Å². The summed E-state index contributed by atoms with van der Waals surface area (Å²) in [5.41, 5.74) is 4.77. The Morgan fingerprint density at radius 3 is 2.58 bits per heavy atom. The van der Waals surface area contributed by atoms with Crippen LogP contribution in [0.25, 0.3) is 11.3 Å². The standard InChI is InChI=1S/C25H23N3O5/c1-15-5-4-6-24-26-20(13-27(15)24)25(30)33-14-21(29)19-11-16(2)28(17(19)3)18-7-8-22-23(12-18)32-10-9-31-22/h4-8,11-13H,9-10,14H2,1-3H3. The molecule has 1 aliphatic heterocycles. The Hall–Kier alpha value is -4.07. The molecule has 0 saturated carbocycles. The van der Waals surface area contributed by atoms with Gasteiger partial charge >= 0.3 is 5.97 Å².